The Labute approximate surface area is 277 Å². The lowest BCUT2D eigenvalue weighted by atomic mass is 9.76. The standard InChI is InChI=1S/C46H37N/c1-31-28-37(26-27-44(31)47-2)43(34-13-4-3-5-14-34)29-32-20-22-35(23-21-32)45-39-16-8-10-18-41(39)46(42-19-11-9-17-40(42)45)38-25-24-33-12-6-7-15-36(33)30-38/h3-27,30,37,43H,2,28-29H2,1H3. The van der Waals surface area contributed by atoms with Crippen LogP contribution in [0.4, 0.5) is 0 Å². The van der Waals surface area contributed by atoms with Gasteiger partial charge in [-0.15, -0.1) is 0 Å². The highest BCUT2D eigenvalue weighted by Crippen LogP contribution is 2.44. The molecule has 1 nitrogen and oxygen atoms in total. The highest BCUT2D eigenvalue weighted by atomic mass is 14.7. The molecular formula is C46H37N. The molecule has 1 aliphatic rings. The summed E-state index contributed by atoms with van der Waals surface area (Å²) in [6.45, 7) is 5.97. The summed E-state index contributed by atoms with van der Waals surface area (Å²) >= 11 is 0. The van der Waals surface area contributed by atoms with Crippen LogP contribution < -0.4 is 0 Å². The number of fused-ring (bicyclic) bond motifs is 3. The molecule has 1 aliphatic carbocycles. The van der Waals surface area contributed by atoms with Crippen molar-refractivity contribution in [2.24, 2.45) is 10.9 Å². The van der Waals surface area contributed by atoms with Crippen LogP contribution in [-0.2, 0) is 6.42 Å². The first-order chi connectivity index (χ1) is 23.2. The normalized spacial score (nSPS) is 15.4. The predicted molar refractivity (Wildman–Crippen MR) is 202 cm³/mol. The van der Waals surface area contributed by atoms with E-state index in [2.05, 4.69) is 176 Å². The monoisotopic (exact) mass is 603 g/mol. The molecule has 0 aromatic heterocycles. The van der Waals surface area contributed by atoms with Crippen LogP contribution in [0.15, 0.2) is 174 Å². The lowest BCUT2D eigenvalue weighted by molar-refractivity contribution is 0.492. The van der Waals surface area contributed by atoms with Crippen molar-refractivity contribution in [1.82, 2.24) is 0 Å². The number of aliphatic imine (C=N–C) groups is 1. The maximum Gasteiger partial charge on any atom is 0.0608 e. The van der Waals surface area contributed by atoms with Gasteiger partial charge in [-0.3, -0.25) is 4.99 Å². The molecule has 8 rings (SSSR count). The molecule has 7 aromatic rings. The van der Waals surface area contributed by atoms with Crippen LogP contribution in [0.2, 0.25) is 0 Å². The molecule has 0 heterocycles. The zero-order valence-electron chi connectivity index (χ0n) is 26.7. The van der Waals surface area contributed by atoms with E-state index < -0.39 is 0 Å². The van der Waals surface area contributed by atoms with Crippen molar-refractivity contribution in [1.29, 1.82) is 0 Å². The quantitative estimate of drug-likeness (QED) is 0.127. The van der Waals surface area contributed by atoms with Gasteiger partial charge < -0.3 is 0 Å². The molecule has 0 fully saturated rings. The molecular weight excluding hydrogens is 567 g/mol. The van der Waals surface area contributed by atoms with Crippen molar-refractivity contribution in [2.45, 2.75) is 25.7 Å². The van der Waals surface area contributed by atoms with Gasteiger partial charge in [-0.05, 0) is 122 Å². The van der Waals surface area contributed by atoms with E-state index in [1.165, 1.54) is 71.3 Å². The smallest absolute Gasteiger partial charge is 0.0608 e. The number of hydrogen-bond acceptors (Lipinski definition) is 1. The van der Waals surface area contributed by atoms with Crippen molar-refractivity contribution in [2.75, 3.05) is 0 Å². The Bertz CT molecular complexity index is 2270. The molecule has 0 bridgehead atoms. The van der Waals surface area contributed by atoms with Gasteiger partial charge in [0.05, 0.1) is 5.70 Å². The number of benzene rings is 7. The van der Waals surface area contributed by atoms with Crippen LogP contribution in [0, 0.1) is 5.92 Å². The number of nitrogens with zero attached hydrogens (tertiary/aromatic N) is 1. The van der Waals surface area contributed by atoms with Crippen molar-refractivity contribution in [3.05, 3.63) is 180 Å². The van der Waals surface area contributed by atoms with Gasteiger partial charge in [-0.1, -0.05) is 146 Å². The summed E-state index contributed by atoms with van der Waals surface area (Å²) in [5, 5.41) is 7.66. The van der Waals surface area contributed by atoms with Gasteiger partial charge in [-0.25, -0.2) is 0 Å². The van der Waals surface area contributed by atoms with E-state index in [0.29, 0.717) is 11.8 Å². The lowest BCUT2D eigenvalue weighted by Gasteiger charge is -2.28. The summed E-state index contributed by atoms with van der Waals surface area (Å²) < 4.78 is 0. The highest BCUT2D eigenvalue weighted by Gasteiger charge is 2.25. The van der Waals surface area contributed by atoms with Gasteiger partial charge in [0.15, 0.2) is 0 Å². The fourth-order valence-corrected chi connectivity index (χ4v) is 7.72. The van der Waals surface area contributed by atoms with Gasteiger partial charge in [0.25, 0.3) is 0 Å². The molecule has 0 spiro atoms. The number of allylic oxidation sites excluding steroid dienone is 3. The highest BCUT2D eigenvalue weighted by molar-refractivity contribution is 6.21. The molecule has 2 atom stereocenters. The first-order valence-electron chi connectivity index (χ1n) is 16.6. The Morgan fingerprint density at radius 3 is 1.79 bits per heavy atom. The molecule has 1 heteroatoms. The topological polar surface area (TPSA) is 12.4 Å². The average molecular weight is 604 g/mol. The van der Waals surface area contributed by atoms with Crippen LogP contribution in [0.3, 0.4) is 0 Å². The molecule has 0 N–H and O–H groups in total. The lowest BCUT2D eigenvalue weighted by Crippen LogP contribution is -2.16. The molecule has 226 valence electrons. The largest absolute Gasteiger partial charge is 0.265 e. The van der Waals surface area contributed by atoms with Crippen molar-refractivity contribution < 1.29 is 0 Å². The third kappa shape index (κ3) is 5.38. The van der Waals surface area contributed by atoms with Gasteiger partial charge in [0.2, 0.25) is 0 Å². The SMILES string of the molecule is C=NC1=C(C)CC(C(Cc2ccc(-c3c4ccccc4c(-c4ccc5ccccc5c4)c4ccccc34)cc2)c2ccccc2)C=C1. The molecule has 0 radical (unpaired) electrons. The summed E-state index contributed by atoms with van der Waals surface area (Å²) in [5.74, 6) is 0.792. The van der Waals surface area contributed by atoms with Gasteiger partial charge in [0, 0.05) is 0 Å². The van der Waals surface area contributed by atoms with E-state index in [4.69, 9.17) is 0 Å². The van der Waals surface area contributed by atoms with E-state index in [0.717, 1.165) is 18.5 Å². The first-order valence-corrected chi connectivity index (χ1v) is 16.6. The predicted octanol–water partition coefficient (Wildman–Crippen LogP) is 12.4. The van der Waals surface area contributed by atoms with E-state index >= 15 is 0 Å². The molecule has 7 aromatic carbocycles. The Morgan fingerprint density at radius 1 is 0.617 bits per heavy atom. The first kappa shape index (κ1) is 28.9. The molecule has 47 heavy (non-hydrogen) atoms. The van der Waals surface area contributed by atoms with Crippen LogP contribution >= 0.6 is 0 Å². The Morgan fingerprint density at radius 2 is 1.17 bits per heavy atom. The van der Waals surface area contributed by atoms with E-state index in [1.807, 2.05) is 0 Å². The third-order valence-electron chi connectivity index (χ3n) is 10.1. The van der Waals surface area contributed by atoms with Gasteiger partial charge >= 0.3 is 0 Å². The van der Waals surface area contributed by atoms with Crippen LogP contribution in [0.1, 0.15) is 30.4 Å². The fraction of sp³-hybridized carbons (Fsp3) is 0.109. The molecule has 0 aliphatic heterocycles. The summed E-state index contributed by atoms with van der Waals surface area (Å²) in [6.07, 6.45) is 6.49. The van der Waals surface area contributed by atoms with Crippen LogP contribution in [0.25, 0.3) is 54.6 Å². The Kier molecular flexibility index (Phi) is 7.59. The van der Waals surface area contributed by atoms with Crippen LogP contribution in [0.5, 0.6) is 0 Å². The maximum atomic E-state index is 4.24. The summed E-state index contributed by atoms with van der Waals surface area (Å²) in [7, 11) is 0. The van der Waals surface area contributed by atoms with Crippen LogP contribution in [-0.4, -0.2) is 6.72 Å². The zero-order valence-corrected chi connectivity index (χ0v) is 26.7. The zero-order chi connectivity index (χ0) is 31.7. The summed E-state index contributed by atoms with van der Waals surface area (Å²) in [6, 6.07) is 53.7. The summed E-state index contributed by atoms with van der Waals surface area (Å²) in [4.78, 5) is 4.24. The summed E-state index contributed by atoms with van der Waals surface area (Å²) in [5.41, 5.74) is 10.2. The number of hydrogen-bond donors (Lipinski definition) is 0. The Balaban J connectivity index is 1.21. The van der Waals surface area contributed by atoms with E-state index in [1.54, 1.807) is 0 Å². The maximum absolute atomic E-state index is 4.24. The number of rotatable bonds is 7. The molecule has 2 unspecified atom stereocenters. The average Bonchev–Trinajstić information content (AvgIpc) is 3.13. The second-order valence-corrected chi connectivity index (χ2v) is 12.9. The minimum atomic E-state index is 0.377. The second kappa shape index (κ2) is 12.3. The van der Waals surface area contributed by atoms with E-state index in [9.17, 15) is 0 Å². The fourth-order valence-electron chi connectivity index (χ4n) is 7.72. The minimum absolute atomic E-state index is 0.377. The second-order valence-electron chi connectivity index (χ2n) is 12.9. The van der Waals surface area contributed by atoms with Crippen molar-refractivity contribution in [3.8, 4) is 22.3 Å². The van der Waals surface area contributed by atoms with Crippen molar-refractivity contribution in [3.63, 3.8) is 0 Å². The molecule has 0 saturated heterocycles. The molecule has 0 saturated carbocycles. The van der Waals surface area contributed by atoms with Gasteiger partial charge in [0.1, 0.15) is 0 Å². The van der Waals surface area contributed by atoms with E-state index in [-0.39, 0.29) is 0 Å². The Hall–Kier alpha value is -5.53. The van der Waals surface area contributed by atoms with Gasteiger partial charge in [-0.2, -0.15) is 0 Å². The molecule has 0 amide bonds. The minimum Gasteiger partial charge on any atom is -0.265 e. The third-order valence-corrected chi connectivity index (χ3v) is 10.1. The van der Waals surface area contributed by atoms with Crippen molar-refractivity contribution >= 4 is 39.0 Å².